The van der Waals surface area contributed by atoms with Gasteiger partial charge in [-0.15, -0.1) is 0 Å². The highest BCUT2D eigenvalue weighted by Gasteiger charge is 2.17. The molecule has 1 aliphatic heterocycles. The van der Waals surface area contributed by atoms with Gasteiger partial charge in [-0.05, 0) is 24.9 Å². The lowest BCUT2D eigenvalue weighted by atomic mass is 10.1. The number of non-ortho nitro benzene ring substituents is 1. The Morgan fingerprint density at radius 2 is 2.16 bits per heavy atom. The van der Waals surface area contributed by atoms with Crippen molar-refractivity contribution in [2.75, 3.05) is 6.54 Å². The average molecular weight is 263 g/mol. The molecule has 0 aliphatic carbocycles. The molecule has 0 radical (unpaired) electrons. The Balaban J connectivity index is 1.77. The van der Waals surface area contributed by atoms with Crippen LogP contribution in [-0.2, 0) is 11.3 Å². The first-order valence-corrected chi connectivity index (χ1v) is 6.38. The largest absolute Gasteiger partial charge is 0.352 e. The molecular weight excluding hydrogens is 246 g/mol. The van der Waals surface area contributed by atoms with Gasteiger partial charge in [-0.3, -0.25) is 14.9 Å². The first kappa shape index (κ1) is 13.5. The molecule has 19 heavy (non-hydrogen) atoms. The van der Waals surface area contributed by atoms with Crippen LogP contribution in [0.15, 0.2) is 24.3 Å². The lowest BCUT2D eigenvalue weighted by Gasteiger charge is -2.10. The zero-order valence-electron chi connectivity index (χ0n) is 10.6. The van der Waals surface area contributed by atoms with Crippen molar-refractivity contribution in [2.24, 2.45) is 0 Å². The Morgan fingerprint density at radius 1 is 1.42 bits per heavy atom. The topological polar surface area (TPSA) is 84.3 Å². The molecule has 0 aromatic heterocycles. The minimum atomic E-state index is -0.436. The smallest absolute Gasteiger partial charge is 0.269 e. The summed E-state index contributed by atoms with van der Waals surface area (Å²) in [5.74, 6) is 0.0118. The first-order chi connectivity index (χ1) is 9.15. The Labute approximate surface area is 111 Å². The van der Waals surface area contributed by atoms with Gasteiger partial charge in [0.2, 0.25) is 5.91 Å². The predicted molar refractivity (Wildman–Crippen MR) is 70.6 cm³/mol. The van der Waals surface area contributed by atoms with Crippen LogP contribution >= 0.6 is 0 Å². The average Bonchev–Trinajstić information content (AvgIpc) is 2.89. The molecule has 102 valence electrons. The normalized spacial score (nSPS) is 18.2. The van der Waals surface area contributed by atoms with Crippen molar-refractivity contribution in [1.82, 2.24) is 10.6 Å². The lowest BCUT2D eigenvalue weighted by molar-refractivity contribution is -0.384. The van der Waals surface area contributed by atoms with E-state index in [9.17, 15) is 14.9 Å². The minimum Gasteiger partial charge on any atom is -0.352 e. The van der Waals surface area contributed by atoms with Gasteiger partial charge in [0.1, 0.15) is 0 Å². The van der Waals surface area contributed by atoms with Gasteiger partial charge in [0.25, 0.3) is 5.69 Å². The van der Waals surface area contributed by atoms with Gasteiger partial charge in [0.15, 0.2) is 0 Å². The highest BCUT2D eigenvalue weighted by atomic mass is 16.6. The maximum atomic E-state index is 11.7. The highest BCUT2D eigenvalue weighted by Crippen LogP contribution is 2.12. The summed E-state index contributed by atoms with van der Waals surface area (Å²) in [5.41, 5.74) is 0.920. The summed E-state index contributed by atoms with van der Waals surface area (Å²) in [7, 11) is 0. The van der Waals surface area contributed by atoms with Gasteiger partial charge in [0, 0.05) is 31.1 Å². The van der Waals surface area contributed by atoms with E-state index in [1.807, 2.05) is 0 Å². The fourth-order valence-electron chi connectivity index (χ4n) is 2.16. The molecule has 0 bridgehead atoms. The van der Waals surface area contributed by atoms with Crippen molar-refractivity contribution >= 4 is 11.6 Å². The third-order valence-electron chi connectivity index (χ3n) is 3.23. The number of amides is 1. The predicted octanol–water partition coefficient (Wildman–Crippen LogP) is 1.35. The van der Waals surface area contributed by atoms with E-state index in [-0.39, 0.29) is 17.6 Å². The summed E-state index contributed by atoms with van der Waals surface area (Å²) in [6, 6.07) is 6.50. The van der Waals surface area contributed by atoms with Crippen molar-refractivity contribution in [3.05, 3.63) is 39.9 Å². The standard InChI is InChI=1S/C13H17N3O3/c17-13(8-11-2-1-7-14-11)15-9-10-3-5-12(6-4-10)16(18)19/h3-6,11,14H,1-2,7-9H2,(H,15,17). The van der Waals surface area contributed by atoms with Crippen LogP contribution < -0.4 is 10.6 Å². The van der Waals surface area contributed by atoms with E-state index in [4.69, 9.17) is 0 Å². The number of nitro groups is 1. The summed E-state index contributed by atoms with van der Waals surface area (Å²) in [6.45, 7) is 1.39. The monoisotopic (exact) mass is 263 g/mol. The number of hydrogen-bond acceptors (Lipinski definition) is 4. The van der Waals surface area contributed by atoms with Crippen LogP contribution in [0, 0.1) is 10.1 Å². The summed E-state index contributed by atoms with van der Waals surface area (Å²) in [4.78, 5) is 21.8. The molecule has 1 atom stereocenters. The molecule has 6 nitrogen and oxygen atoms in total. The second-order valence-electron chi connectivity index (χ2n) is 4.70. The molecule has 2 N–H and O–H groups in total. The van der Waals surface area contributed by atoms with Crippen molar-refractivity contribution in [1.29, 1.82) is 0 Å². The summed E-state index contributed by atoms with van der Waals surface area (Å²) < 4.78 is 0. The Morgan fingerprint density at radius 3 is 2.74 bits per heavy atom. The molecular formula is C13H17N3O3. The summed E-state index contributed by atoms with van der Waals surface area (Å²) >= 11 is 0. The van der Waals surface area contributed by atoms with Crippen LogP contribution in [0.2, 0.25) is 0 Å². The molecule has 1 aromatic rings. The molecule has 2 rings (SSSR count). The zero-order chi connectivity index (χ0) is 13.7. The number of rotatable bonds is 5. The van der Waals surface area contributed by atoms with Crippen LogP contribution in [0.1, 0.15) is 24.8 Å². The van der Waals surface area contributed by atoms with Gasteiger partial charge in [-0.1, -0.05) is 12.1 Å². The quantitative estimate of drug-likeness (QED) is 0.620. The summed E-state index contributed by atoms with van der Waals surface area (Å²) in [6.07, 6.45) is 2.66. The van der Waals surface area contributed by atoms with E-state index in [0.717, 1.165) is 24.9 Å². The SMILES string of the molecule is O=C(CC1CCCN1)NCc1ccc([N+](=O)[O-])cc1. The summed E-state index contributed by atoms with van der Waals surface area (Å²) in [5, 5.41) is 16.6. The lowest BCUT2D eigenvalue weighted by Crippen LogP contribution is -2.31. The van der Waals surface area contributed by atoms with Crippen LogP contribution in [0.4, 0.5) is 5.69 Å². The van der Waals surface area contributed by atoms with Crippen molar-refractivity contribution in [2.45, 2.75) is 31.8 Å². The highest BCUT2D eigenvalue weighted by molar-refractivity contribution is 5.76. The van der Waals surface area contributed by atoms with Crippen LogP contribution in [-0.4, -0.2) is 23.4 Å². The fourth-order valence-corrected chi connectivity index (χ4v) is 2.16. The number of carbonyl (C=O) groups is 1. The zero-order valence-corrected chi connectivity index (χ0v) is 10.6. The number of benzene rings is 1. The fraction of sp³-hybridized carbons (Fsp3) is 0.462. The van der Waals surface area contributed by atoms with E-state index < -0.39 is 4.92 Å². The number of nitrogens with zero attached hydrogens (tertiary/aromatic N) is 1. The van der Waals surface area contributed by atoms with Gasteiger partial charge in [-0.25, -0.2) is 0 Å². The first-order valence-electron chi connectivity index (χ1n) is 6.38. The second-order valence-corrected chi connectivity index (χ2v) is 4.70. The molecule has 1 heterocycles. The molecule has 1 aromatic carbocycles. The van der Waals surface area contributed by atoms with Gasteiger partial charge in [0.05, 0.1) is 4.92 Å². The minimum absolute atomic E-state index is 0.0118. The van der Waals surface area contributed by atoms with Crippen molar-refractivity contribution in [3.63, 3.8) is 0 Å². The number of nitro benzene ring substituents is 1. The number of nitrogens with one attached hydrogen (secondary N) is 2. The van der Waals surface area contributed by atoms with Crippen molar-refractivity contribution in [3.8, 4) is 0 Å². The molecule has 1 saturated heterocycles. The van der Waals surface area contributed by atoms with Gasteiger partial charge >= 0.3 is 0 Å². The molecule has 6 heteroatoms. The Kier molecular flexibility index (Phi) is 4.46. The van der Waals surface area contributed by atoms with Crippen LogP contribution in [0.25, 0.3) is 0 Å². The van der Waals surface area contributed by atoms with E-state index in [1.54, 1.807) is 12.1 Å². The number of carbonyl (C=O) groups excluding carboxylic acids is 1. The molecule has 0 saturated carbocycles. The van der Waals surface area contributed by atoms with Gasteiger partial charge < -0.3 is 10.6 Å². The number of hydrogen-bond donors (Lipinski definition) is 2. The molecule has 1 amide bonds. The van der Waals surface area contributed by atoms with Gasteiger partial charge in [-0.2, -0.15) is 0 Å². The second kappa shape index (κ2) is 6.29. The maximum absolute atomic E-state index is 11.7. The Hall–Kier alpha value is -1.95. The molecule has 0 spiro atoms. The molecule has 1 aliphatic rings. The maximum Gasteiger partial charge on any atom is 0.269 e. The van der Waals surface area contributed by atoms with E-state index in [0.29, 0.717) is 13.0 Å². The molecule has 1 fully saturated rings. The third-order valence-corrected chi connectivity index (χ3v) is 3.23. The molecule has 1 unspecified atom stereocenters. The van der Waals surface area contributed by atoms with Crippen LogP contribution in [0.5, 0.6) is 0 Å². The van der Waals surface area contributed by atoms with E-state index >= 15 is 0 Å². The van der Waals surface area contributed by atoms with Crippen LogP contribution in [0.3, 0.4) is 0 Å². The van der Waals surface area contributed by atoms with Crippen molar-refractivity contribution < 1.29 is 9.72 Å². The van der Waals surface area contributed by atoms with E-state index in [2.05, 4.69) is 10.6 Å². The Bertz CT molecular complexity index is 453. The van der Waals surface area contributed by atoms with E-state index in [1.165, 1.54) is 12.1 Å². The third kappa shape index (κ3) is 4.03.